The van der Waals surface area contributed by atoms with Gasteiger partial charge in [0.15, 0.2) is 0 Å². The van der Waals surface area contributed by atoms with Crippen LogP contribution in [0.15, 0.2) is 48.5 Å². The van der Waals surface area contributed by atoms with Crippen molar-refractivity contribution in [2.75, 3.05) is 13.2 Å². The van der Waals surface area contributed by atoms with E-state index in [4.69, 9.17) is 6.42 Å². The number of terminal acetylenes is 1. The van der Waals surface area contributed by atoms with E-state index in [1.54, 1.807) is 24.3 Å². The fourth-order valence-corrected chi connectivity index (χ4v) is 2.55. The lowest BCUT2D eigenvalue weighted by Gasteiger charge is -2.21. The molecular weight excluding hydrogens is 381 g/mol. The van der Waals surface area contributed by atoms with Gasteiger partial charge in [-0.1, -0.05) is 60.0 Å². The van der Waals surface area contributed by atoms with Crippen molar-refractivity contribution in [3.63, 3.8) is 0 Å². The molecule has 0 heterocycles. The maximum atomic E-state index is 12.5. The first-order valence-corrected chi connectivity index (χ1v) is 9.01. The first kappa shape index (κ1) is 22.3. The molecule has 0 atom stereocenters. The van der Waals surface area contributed by atoms with E-state index in [1.165, 1.54) is 4.90 Å². The molecule has 1 N–H and O–H groups in total. The van der Waals surface area contributed by atoms with Gasteiger partial charge in [-0.2, -0.15) is 13.2 Å². The number of ether oxygens (including phenoxy) is 1. The summed E-state index contributed by atoms with van der Waals surface area (Å²) in [5.41, 5.74) is 3.55. The van der Waals surface area contributed by atoms with Gasteiger partial charge in [0.1, 0.15) is 6.61 Å². The minimum Gasteiger partial charge on any atom is -0.367 e. The molecule has 0 saturated carbocycles. The number of nitrogens with zero attached hydrogens (tertiary/aromatic N) is 1. The minimum absolute atomic E-state index is 0.126. The van der Waals surface area contributed by atoms with Crippen molar-refractivity contribution in [2.24, 2.45) is 0 Å². The van der Waals surface area contributed by atoms with E-state index < -0.39 is 12.8 Å². The van der Waals surface area contributed by atoms with Crippen LogP contribution in [0.4, 0.5) is 18.0 Å². The van der Waals surface area contributed by atoms with Gasteiger partial charge >= 0.3 is 12.2 Å². The number of benzene rings is 2. The molecule has 4 nitrogen and oxygen atoms in total. The number of hydrogen-bond acceptors (Lipinski definition) is 2. The Morgan fingerprint density at radius 1 is 1.07 bits per heavy atom. The van der Waals surface area contributed by atoms with Gasteiger partial charge in [-0.05, 0) is 23.6 Å². The lowest BCUT2D eigenvalue weighted by atomic mass is 10.1. The predicted molar refractivity (Wildman–Crippen MR) is 105 cm³/mol. The number of hydrogen-bond donors (Lipinski definition) is 1. The van der Waals surface area contributed by atoms with Crippen molar-refractivity contribution in [1.82, 2.24) is 10.2 Å². The van der Waals surface area contributed by atoms with Crippen molar-refractivity contribution in [3.05, 3.63) is 70.8 Å². The van der Waals surface area contributed by atoms with Gasteiger partial charge < -0.3 is 15.0 Å². The zero-order valence-electron chi connectivity index (χ0n) is 16.1. The van der Waals surface area contributed by atoms with E-state index in [0.29, 0.717) is 12.1 Å². The van der Waals surface area contributed by atoms with Crippen molar-refractivity contribution in [1.29, 1.82) is 0 Å². The Bertz CT molecular complexity index is 825. The van der Waals surface area contributed by atoms with Crippen molar-refractivity contribution < 1.29 is 22.7 Å². The quantitative estimate of drug-likeness (QED) is 0.662. The largest absolute Gasteiger partial charge is 0.411 e. The monoisotopic (exact) mass is 404 g/mol. The molecule has 0 aliphatic carbocycles. The summed E-state index contributed by atoms with van der Waals surface area (Å²) in [5, 5.41) is 2.81. The van der Waals surface area contributed by atoms with Gasteiger partial charge in [0.25, 0.3) is 0 Å². The van der Waals surface area contributed by atoms with Crippen LogP contribution >= 0.6 is 0 Å². The summed E-state index contributed by atoms with van der Waals surface area (Å²) in [4.78, 5) is 14.0. The number of rotatable bonds is 8. The highest BCUT2D eigenvalue weighted by Gasteiger charge is 2.27. The van der Waals surface area contributed by atoms with Crippen LogP contribution in [0.2, 0.25) is 0 Å². The molecule has 0 fully saturated rings. The Kier molecular flexibility index (Phi) is 8.10. The second kappa shape index (κ2) is 10.5. The third-order valence-corrected chi connectivity index (χ3v) is 4.06. The standard InChI is InChI=1S/C22H23F3N2O2/c1-3-12-27(14-19-6-4-17(2)5-7-19)21(28)26-13-18-8-10-20(11-9-18)15-29-16-22(23,24)25/h1,4-11H,12-16H2,2H3,(H,26,28). The molecule has 2 amide bonds. The third-order valence-electron chi connectivity index (χ3n) is 4.06. The van der Waals surface area contributed by atoms with E-state index in [2.05, 4.69) is 16.0 Å². The van der Waals surface area contributed by atoms with E-state index in [9.17, 15) is 18.0 Å². The highest BCUT2D eigenvalue weighted by Crippen LogP contribution is 2.16. The molecule has 29 heavy (non-hydrogen) atoms. The Morgan fingerprint density at radius 2 is 1.66 bits per heavy atom. The molecule has 2 aromatic carbocycles. The minimum atomic E-state index is -4.34. The van der Waals surface area contributed by atoms with Gasteiger partial charge in [-0.15, -0.1) is 6.42 Å². The molecule has 0 unspecified atom stereocenters. The Labute approximate surface area is 168 Å². The van der Waals surface area contributed by atoms with E-state index >= 15 is 0 Å². The fraction of sp³-hybridized carbons (Fsp3) is 0.318. The summed E-state index contributed by atoms with van der Waals surface area (Å²) in [6.45, 7) is 1.43. The summed E-state index contributed by atoms with van der Waals surface area (Å²) >= 11 is 0. The SMILES string of the molecule is C#CCN(Cc1ccc(C)cc1)C(=O)NCc1ccc(COCC(F)(F)F)cc1. The molecule has 154 valence electrons. The average Bonchev–Trinajstić information content (AvgIpc) is 2.67. The smallest absolute Gasteiger partial charge is 0.367 e. The van der Waals surface area contributed by atoms with Crippen LogP contribution in [-0.4, -0.2) is 30.3 Å². The molecule has 2 aromatic rings. The van der Waals surface area contributed by atoms with E-state index in [0.717, 1.165) is 16.7 Å². The lowest BCUT2D eigenvalue weighted by Crippen LogP contribution is -2.39. The Morgan fingerprint density at radius 3 is 2.24 bits per heavy atom. The Hall–Kier alpha value is -2.98. The first-order chi connectivity index (χ1) is 13.8. The van der Waals surface area contributed by atoms with Crippen LogP contribution in [-0.2, 0) is 24.4 Å². The number of nitrogens with one attached hydrogen (secondary N) is 1. The molecule has 0 saturated heterocycles. The number of carbonyl (C=O) groups excluding carboxylic acids is 1. The summed E-state index contributed by atoms with van der Waals surface area (Å²) in [6, 6.07) is 14.4. The molecular formula is C22H23F3N2O2. The number of aryl methyl sites for hydroxylation is 1. The number of urea groups is 1. The number of halogens is 3. The van der Waals surface area contributed by atoms with Crippen LogP contribution in [0.5, 0.6) is 0 Å². The number of carbonyl (C=O) groups is 1. The highest BCUT2D eigenvalue weighted by molar-refractivity contribution is 5.74. The topological polar surface area (TPSA) is 41.6 Å². The van der Waals surface area contributed by atoms with Crippen molar-refractivity contribution in [2.45, 2.75) is 32.8 Å². The van der Waals surface area contributed by atoms with Crippen LogP contribution < -0.4 is 5.32 Å². The summed E-state index contributed by atoms with van der Waals surface area (Å²) in [7, 11) is 0. The summed E-state index contributed by atoms with van der Waals surface area (Å²) in [6.07, 6.45) is 1.04. The second-order valence-corrected chi connectivity index (χ2v) is 6.63. The zero-order valence-corrected chi connectivity index (χ0v) is 16.1. The van der Waals surface area contributed by atoms with Gasteiger partial charge in [0.2, 0.25) is 0 Å². The highest BCUT2D eigenvalue weighted by atomic mass is 19.4. The van der Waals surface area contributed by atoms with E-state index in [1.807, 2.05) is 31.2 Å². The van der Waals surface area contributed by atoms with Crippen LogP contribution in [0.1, 0.15) is 22.3 Å². The molecule has 0 spiro atoms. The van der Waals surface area contributed by atoms with Gasteiger partial charge in [-0.3, -0.25) is 0 Å². The first-order valence-electron chi connectivity index (χ1n) is 9.01. The van der Waals surface area contributed by atoms with Gasteiger partial charge in [0.05, 0.1) is 13.2 Å². The van der Waals surface area contributed by atoms with Crippen molar-refractivity contribution in [3.8, 4) is 12.3 Å². The fourth-order valence-electron chi connectivity index (χ4n) is 2.55. The van der Waals surface area contributed by atoms with Crippen LogP contribution in [0, 0.1) is 19.3 Å². The molecule has 2 rings (SSSR count). The van der Waals surface area contributed by atoms with Crippen molar-refractivity contribution >= 4 is 6.03 Å². The predicted octanol–water partition coefficient (Wildman–Crippen LogP) is 4.42. The third kappa shape index (κ3) is 8.28. The normalized spacial score (nSPS) is 11.0. The summed E-state index contributed by atoms with van der Waals surface area (Å²) < 4.78 is 40.9. The molecule has 0 aliphatic rings. The molecule has 0 aromatic heterocycles. The molecule has 0 bridgehead atoms. The molecule has 0 radical (unpaired) electrons. The Balaban J connectivity index is 1.85. The molecule has 0 aliphatic heterocycles. The average molecular weight is 404 g/mol. The second-order valence-electron chi connectivity index (χ2n) is 6.63. The van der Waals surface area contributed by atoms with E-state index in [-0.39, 0.29) is 25.7 Å². The summed E-state index contributed by atoms with van der Waals surface area (Å²) in [5.74, 6) is 2.49. The van der Waals surface area contributed by atoms with Crippen LogP contribution in [0.25, 0.3) is 0 Å². The van der Waals surface area contributed by atoms with Gasteiger partial charge in [-0.25, -0.2) is 4.79 Å². The zero-order chi connectivity index (χ0) is 21.3. The molecule has 7 heteroatoms. The maximum Gasteiger partial charge on any atom is 0.411 e. The van der Waals surface area contributed by atoms with Gasteiger partial charge in [0, 0.05) is 13.1 Å². The van der Waals surface area contributed by atoms with Crippen LogP contribution in [0.3, 0.4) is 0 Å². The lowest BCUT2D eigenvalue weighted by molar-refractivity contribution is -0.176. The maximum absolute atomic E-state index is 12.5. The number of amides is 2. The number of alkyl halides is 3.